The highest BCUT2D eigenvalue weighted by atomic mass is 28.3. The van der Waals surface area contributed by atoms with Gasteiger partial charge in [-0.15, -0.1) is 0 Å². The quantitative estimate of drug-likeness (QED) is 0.191. The molecule has 0 bridgehead atoms. The van der Waals surface area contributed by atoms with Gasteiger partial charge in [0.15, 0.2) is 8.07 Å². The Morgan fingerprint density at radius 1 is 0.367 bits per heavy atom. The van der Waals surface area contributed by atoms with E-state index in [2.05, 4.69) is 198 Å². The van der Waals surface area contributed by atoms with Crippen LogP contribution in [0, 0.1) is 0 Å². The molecule has 1 aliphatic rings. The summed E-state index contributed by atoms with van der Waals surface area (Å²) in [5.41, 5.74) is 10.1. The molecule has 1 aliphatic carbocycles. The number of hydrogen-bond acceptors (Lipinski definition) is 0. The van der Waals surface area contributed by atoms with Crippen molar-refractivity contribution in [3.63, 3.8) is 0 Å². The number of allylic oxidation sites excluding steroid dienone is 4. The van der Waals surface area contributed by atoms with Gasteiger partial charge in [0.1, 0.15) is 0 Å². The van der Waals surface area contributed by atoms with Gasteiger partial charge in [-0.1, -0.05) is 202 Å². The number of benzene rings is 3. The molecule has 0 aliphatic heterocycles. The van der Waals surface area contributed by atoms with Crippen LogP contribution in [0.4, 0.5) is 0 Å². The molecule has 0 heterocycles. The van der Waals surface area contributed by atoms with Crippen LogP contribution in [0.2, 0.25) is 0 Å². The molecule has 0 amide bonds. The minimum absolute atomic E-state index is 0.0159. The summed E-state index contributed by atoms with van der Waals surface area (Å²) in [5.74, 6) is 0. The SMILES string of the molecule is CC1=CCC([Si](c2cc(C(C)(C)C)cc(C(C)(C)C)c2)(c2cc(C(C)(C)C)cc(C(C)(C)C)c2)c2cc(C(C)(C)C)cc(C(C)(C)C)c2)=C1. The van der Waals surface area contributed by atoms with E-state index in [1.165, 1.54) is 54.5 Å². The van der Waals surface area contributed by atoms with Crippen LogP contribution < -0.4 is 15.6 Å². The summed E-state index contributed by atoms with van der Waals surface area (Å²) in [7, 11) is -2.88. The fraction of sp³-hybridized carbons (Fsp3) is 0.542. The molecular formula is C48H70Si. The molecule has 0 saturated carbocycles. The predicted molar refractivity (Wildman–Crippen MR) is 223 cm³/mol. The maximum absolute atomic E-state index is 2.88. The van der Waals surface area contributed by atoms with E-state index in [4.69, 9.17) is 0 Å². The van der Waals surface area contributed by atoms with Crippen molar-refractivity contribution in [2.45, 2.75) is 170 Å². The van der Waals surface area contributed by atoms with Gasteiger partial charge in [-0.3, -0.25) is 0 Å². The van der Waals surface area contributed by atoms with Crippen LogP contribution in [0.15, 0.2) is 77.5 Å². The van der Waals surface area contributed by atoms with E-state index in [0.717, 1.165) is 6.42 Å². The second-order valence-electron chi connectivity index (χ2n) is 21.5. The summed E-state index contributed by atoms with van der Waals surface area (Å²) in [6.07, 6.45) is 6.05. The van der Waals surface area contributed by atoms with Gasteiger partial charge < -0.3 is 0 Å². The Bertz CT molecular complexity index is 1480. The van der Waals surface area contributed by atoms with E-state index in [-0.39, 0.29) is 32.5 Å². The lowest BCUT2D eigenvalue weighted by molar-refractivity contribution is 0.569. The van der Waals surface area contributed by atoms with Crippen LogP contribution in [-0.2, 0) is 32.5 Å². The molecule has 266 valence electrons. The van der Waals surface area contributed by atoms with Gasteiger partial charge in [-0.05, 0) is 94.8 Å². The molecule has 0 fully saturated rings. The minimum atomic E-state index is -2.88. The maximum Gasteiger partial charge on any atom is 0.176 e. The van der Waals surface area contributed by atoms with E-state index in [0.29, 0.717) is 0 Å². The Kier molecular flexibility index (Phi) is 10.0. The zero-order valence-corrected chi connectivity index (χ0v) is 36.1. The topological polar surface area (TPSA) is 0 Å². The number of rotatable bonds is 4. The van der Waals surface area contributed by atoms with Crippen molar-refractivity contribution in [3.05, 3.63) is 111 Å². The van der Waals surface area contributed by atoms with Gasteiger partial charge in [0.2, 0.25) is 0 Å². The third-order valence-corrected chi connectivity index (χ3v) is 15.6. The van der Waals surface area contributed by atoms with Crippen molar-refractivity contribution in [3.8, 4) is 0 Å². The molecule has 0 nitrogen and oxygen atoms in total. The Labute approximate surface area is 303 Å². The average molecular weight is 675 g/mol. The monoisotopic (exact) mass is 675 g/mol. The second-order valence-corrected chi connectivity index (χ2v) is 25.3. The van der Waals surface area contributed by atoms with Gasteiger partial charge in [0.25, 0.3) is 0 Å². The van der Waals surface area contributed by atoms with Crippen molar-refractivity contribution in [1.82, 2.24) is 0 Å². The standard InChI is InChI=1S/C48H70Si/c1-32-20-21-39(22-32)49(40-26-33(43(2,3)4)23-34(27-40)44(5,6)7,41-28-35(45(8,9)10)24-36(29-41)46(11,12)13)42-30-37(47(14,15)16)25-38(31-42)48(17,18)19/h20,22-31H,21H2,1-19H3. The lowest BCUT2D eigenvalue weighted by atomic mass is 9.80. The normalized spacial score (nSPS) is 15.4. The molecule has 3 aromatic rings. The van der Waals surface area contributed by atoms with Gasteiger partial charge >= 0.3 is 0 Å². The molecule has 49 heavy (non-hydrogen) atoms. The molecule has 0 unspecified atom stereocenters. The predicted octanol–water partition coefficient (Wildman–Crippen LogP) is 11.8. The smallest absolute Gasteiger partial charge is 0.0779 e. The number of hydrogen-bond donors (Lipinski definition) is 0. The van der Waals surface area contributed by atoms with Crippen molar-refractivity contribution in [2.75, 3.05) is 0 Å². The van der Waals surface area contributed by atoms with E-state index in [1.807, 2.05) is 0 Å². The molecule has 1 heteroatoms. The van der Waals surface area contributed by atoms with Gasteiger partial charge in [-0.2, -0.15) is 0 Å². The van der Waals surface area contributed by atoms with Crippen molar-refractivity contribution < 1.29 is 0 Å². The van der Waals surface area contributed by atoms with Crippen molar-refractivity contribution in [1.29, 1.82) is 0 Å². The van der Waals surface area contributed by atoms with Gasteiger partial charge in [0.05, 0.1) is 0 Å². The molecule has 0 N–H and O–H groups in total. The van der Waals surface area contributed by atoms with Gasteiger partial charge in [0, 0.05) is 0 Å². The average Bonchev–Trinajstić information content (AvgIpc) is 3.36. The first-order valence-corrected chi connectivity index (χ1v) is 20.8. The third-order valence-electron chi connectivity index (χ3n) is 10.8. The summed E-state index contributed by atoms with van der Waals surface area (Å²) < 4.78 is 0. The van der Waals surface area contributed by atoms with Crippen LogP contribution in [0.5, 0.6) is 0 Å². The van der Waals surface area contributed by atoms with Crippen molar-refractivity contribution in [2.24, 2.45) is 0 Å². The zero-order valence-electron chi connectivity index (χ0n) is 35.1. The molecular weight excluding hydrogens is 605 g/mol. The van der Waals surface area contributed by atoms with Crippen molar-refractivity contribution >= 4 is 23.6 Å². The fourth-order valence-corrected chi connectivity index (χ4v) is 12.3. The Hall–Kier alpha value is -2.64. The van der Waals surface area contributed by atoms with Crippen LogP contribution in [0.25, 0.3) is 0 Å². The van der Waals surface area contributed by atoms with Crippen LogP contribution in [-0.4, -0.2) is 8.07 Å². The molecule has 0 radical (unpaired) electrons. The summed E-state index contributed by atoms with van der Waals surface area (Å²) in [4.78, 5) is 0. The highest BCUT2D eigenvalue weighted by Gasteiger charge is 2.46. The maximum atomic E-state index is 2.64. The lowest BCUT2D eigenvalue weighted by Crippen LogP contribution is -2.69. The first kappa shape index (κ1) is 39.1. The van der Waals surface area contributed by atoms with E-state index >= 15 is 0 Å². The fourth-order valence-electron chi connectivity index (χ4n) is 7.11. The first-order chi connectivity index (χ1) is 21.9. The van der Waals surface area contributed by atoms with E-state index in [9.17, 15) is 0 Å². The van der Waals surface area contributed by atoms with E-state index < -0.39 is 8.07 Å². The Morgan fingerprint density at radius 3 is 0.755 bits per heavy atom. The molecule has 0 aromatic heterocycles. The highest BCUT2D eigenvalue weighted by molar-refractivity contribution is 7.16. The summed E-state index contributed by atoms with van der Waals surface area (Å²) in [6.45, 7) is 45.3. The lowest BCUT2D eigenvalue weighted by Gasteiger charge is -2.40. The van der Waals surface area contributed by atoms with Crippen LogP contribution in [0.1, 0.15) is 171 Å². The zero-order chi connectivity index (χ0) is 37.3. The molecule has 4 rings (SSSR count). The summed E-state index contributed by atoms with van der Waals surface area (Å²) >= 11 is 0. The Morgan fingerprint density at radius 2 is 0.592 bits per heavy atom. The second kappa shape index (κ2) is 12.5. The molecule has 0 spiro atoms. The Balaban J connectivity index is 2.43. The minimum Gasteiger partial charge on any atom is -0.0779 e. The third kappa shape index (κ3) is 8.14. The first-order valence-electron chi connectivity index (χ1n) is 18.8. The molecule has 3 aromatic carbocycles. The summed E-state index contributed by atoms with van der Waals surface area (Å²) in [6, 6.07) is 23.3. The molecule has 0 atom stereocenters. The summed E-state index contributed by atoms with van der Waals surface area (Å²) in [5, 5.41) is 6.18. The largest absolute Gasteiger partial charge is 0.176 e. The van der Waals surface area contributed by atoms with E-state index in [1.54, 1.807) is 5.20 Å². The van der Waals surface area contributed by atoms with Crippen LogP contribution >= 0.6 is 0 Å². The van der Waals surface area contributed by atoms with Crippen LogP contribution in [0.3, 0.4) is 0 Å². The van der Waals surface area contributed by atoms with Gasteiger partial charge in [-0.25, -0.2) is 0 Å². The molecule has 0 saturated heterocycles. The highest BCUT2D eigenvalue weighted by Crippen LogP contribution is 2.37.